The molecule has 0 spiro atoms. The highest BCUT2D eigenvalue weighted by Gasteiger charge is 2.50. The van der Waals surface area contributed by atoms with Gasteiger partial charge in [-0.15, -0.1) is 0 Å². The Morgan fingerprint density at radius 3 is 1.81 bits per heavy atom. The number of benzene rings is 2. The first-order valence-electron chi connectivity index (χ1n) is 15.4. The number of ether oxygens (including phenoxy) is 4. The lowest BCUT2D eigenvalue weighted by atomic mass is 9.86. The molecule has 42 heavy (non-hydrogen) atoms. The molecule has 0 bridgehead atoms. The molecule has 0 amide bonds. The second kappa shape index (κ2) is 17.6. The third-order valence-electron chi connectivity index (χ3n) is 7.94. The van der Waals surface area contributed by atoms with Crippen LogP contribution < -0.4 is 10.4 Å². The zero-order valence-corrected chi connectivity index (χ0v) is 28.3. The Balaban J connectivity index is 2.33. The van der Waals surface area contributed by atoms with Crippen LogP contribution in [0.5, 0.6) is 0 Å². The number of methoxy groups -OCH3 is 1. The van der Waals surface area contributed by atoms with E-state index in [2.05, 4.69) is 76.2 Å². The van der Waals surface area contributed by atoms with Gasteiger partial charge in [-0.3, -0.25) is 0 Å². The Labute approximate surface area is 255 Å². The molecule has 0 radical (unpaired) electrons. The maximum Gasteiger partial charge on any atom is 0.261 e. The molecule has 0 heterocycles. The summed E-state index contributed by atoms with van der Waals surface area (Å²) in [5, 5.41) is 23.8. The molecular formula is C34H56O7Si. The molecule has 7 nitrogen and oxygen atoms in total. The maximum atomic E-state index is 11.4. The van der Waals surface area contributed by atoms with Gasteiger partial charge in [0.25, 0.3) is 8.32 Å². The van der Waals surface area contributed by atoms with E-state index in [4.69, 9.17) is 23.4 Å². The Morgan fingerprint density at radius 1 is 0.810 bits per heavy atom. The minimum atomic E-state index is -2.73. The largest absolute Gasteiger partial charge is 0.407 e. The summed E-state index contributed by atoms with van der Waals surface area (Å²) < 4.78 is 30.3. The van der Waals surface area contributed by atoms with Gasteiger partial charge in [-0.25, -0.2) is 0 Å². The lowest BCUT2D eigenvalue weighted by Gasteiger charge is -2.44. The first-order valence-corrected chi connectivity index (χ1v) is 17.3. The quantitative estimate of drug-likeness (QED) is 0.170. The van der Waals surface area contributed by atoms with Crippen LogP contribution in [0.15, 0.2) is 60.7 Å². The highest BCUT2D eigenvalue weighted by molar-refractivity contribution is 6.99. The molecule has 8 heteroatoms. The van der Waals surface area contributed by atoms with Crippen molar-refractivity contribution in [3.8, 4) is 0 Å². The highest BCUT2D eigenvalue weighted by Crippen LogP contribution is 2.37. The SMILES string of the molecule is CCOC(C)O[C@@H](C[C@@H](C)O)C[C@H](O)[C@H](C)[C@H](OCOC)[C@H](C)CO[Si](c1ccccc1)(c1ccccc1)C(C)(C)C. The number of aliphatic hydroxyl groups is 2. The van der Waals surface area contributed by atoms with Crippen LogP contribution in [0, 0.1) is 11.8 Å². The van der Waals surface area contributed by atoms with Crippen molar-refractivity contribution in [2.24, 2.45) is 11.8 Å². The number of rotatable bonds is 19. The maximum absolute atomic E-state index is 11.4. The molecule has 238 valence electrons. The fraction of sp³-hybridized carbons (Fsp3) is 0.647. The van der Waals surface area contributed by atoms with Gasteiger partial charge >= 0.3 is 0 Å². The van der Waals surface area contributed by atoms with E-state index >= 15 is 0 Å². The van der Waals surface area contributed by atoms with E-state index in [0.717, 1.165) is 0 Å². The summed E-state index contributed by atoms with van der Waals surface area (Å²) in [6.45, 7) is 17.5. The van der Waals surface area contributed by atoms with E-state index < -0.39 is 26.8 Å². The van der Waals surface area contributed by atoms with Gasteiger partial charge in [0.15, 0.2) is 6.29 Å². The van der Waals surface area contributed by atoms with Crippen molar-refractivity contribution in [3.05, 3.63) is 60.7 Å². The van der Waals surface area contributed by atoms with Crippen molar-refractivity contribution in [2.45, 2.75) is 104 Å². The van der Waals surface area contributed by atoms with Crippen molar-refractivity contribution in [1.82, 2.24) is 0 Å². The molecule has 0 aliphatic carbocycles. The van der Waals surface area contributed by atoms with Gasteiger partial charge in [-0.2, -0.15) is 0 Å². The zero-order chi connectivity index (χ0) is 31.3. The van der Waals surface area contributed by atoms with E-state index in [0.29, 0.717) is 26.1 Å². The van der Waals surface area contributed by atoms with Crippen LogP contribution in [0.4, 0.5) is 0 Å². The van der Waals surface area contributed by atoms with E-state index in [1.54, 1.807) is 14.0 Å². The molecule has 0 saturated heterocycles. The van der Waals surface area contributed by atoms with Gasteiger partial charge in [-0.1, -0.05) is 95.3 Å². The van der Waals surface area contributed by atoms with Crippen molar-refractivity contribution in [2.75, 3.05) is 27.1 Å². The standard InChI is InChI=1S/C34H56O7Si/c1-10-38-28(5)41-29(21-26(3)35)22-32(36)27(4)33(39-24-37-9)25(2)23-40-42(34(6,7)8,30-17-13-11-14-18-30)31-19-15-12-16-20-31/h11-20,25-29,32-33,35-36H,10,21-24H2,1-9H3/t25-,26-,27+,28?,29+,32+,33-/m1/s1. The van der Waals surface area contributed by atoms with Crippen molar-refractivity contribution < 1.29 is 33.6 Å². The second-order valence-corrected chi connectivity index (χ2v) is 16.8. The summed E-state index contributed by atoms with van der Waals surface area (Å²) in [4.78, 5) is 0. The molecule has 0 saturated carbocycles. The molecule has 0 aromatic heterocycles. The molecule has 7 atom stereocenters. The lowest BCUT2D eigenvalue weighted by molar-refractivity contribution is -0.176. The van der Waals surface area contributed by atoms with E-state index in [1.165, 1.54) is 10.4 Å². The van der Waals surface area contributed by atoms with Crippen LogP contribution in [-0.2, 0) is 23.4 Å². The number of hydrogen-bond donors (Lipinski definition) is 2. The van der Waals surface area contributed by atoms with Gasteiger partial charge in [0, 0.05) is 38.6 Å². The Kier molecular flexibility index (Phi) is 15.3. The highest BCUT2D eigenvalue weighted by atomic mass is 28.4. The first kappa shape index (κ1) is 36.6. The lowest BCUT2D eigenvalue weighted by Crippen LogP contribution is -2.67. The molecule has 2 aromatic carbocycles. The van der Waals surface area contributed by atoms with E-state index in [1.807, 2.05) is 32.9 Å². The minimum absolute atomic E-state index is 0.0510. The average Bonchev–Trinajstić information content (AvgIpc) is 2.93. The topological polar surface area (TPSA) is 86.6 Å². The summed E-state index contributed by atoms with van der Waals surface area (Å²) in [6.07, 6.45) is -1.69. The third-order valence-corrected chi connectivity index (χ3v) is 12.9. The van der Waals surface area contributed by atoms with Crippen LogP contribution in [-0.4, -0.2) is 76.4 Å². The molecule has 1 unspecified atom stereocenters. The molecule has 0 aliphatic heterocycles. The Hall–Kier alpha value is -1.62. The molecule has 2 rings (SSSR count). The fourth-order valence-electron chi connectivity index (χ4n) is 5.93. The summed E-state index contributed by atoms with van der Waals surface area (Å²) in [6, 6.07) is 21.2. The molecule has 2 aromatic rings. The average molecular weight is 605 g/mol. The zero-order valence-electron chi connectivity index (χ0n) is 27.3. The van der Waals surface area contributed by atoms with Gasteiger partial charge in [0.05, 0.1) is 24.4 Å². The van der Waals surface area contributed by atoms with Crippen LogP contribution in [0.2, 0.25) is 5.04 Å². The first-order chi connectivity index (χ1) is 19.9. The molecule has 2 N–H and O–H groups in total. The second-order valence-electron chi connectivity index (χ2n) is 12.5. The monoisotopic (exact) mass is 604 g/mol. The predicted molar refractivity (Wildman–Crippen MR) is 172 cm³/mol. The molecule has 0 fully saturated rings. The summed E-state index contributed by atoms with van der Waals surface area (Å²) in [5.41, 5.74) is 0. The van der Waals surface area contributed by atoms with Crippen LogP contribution in [0.25, 0.3) is 0 Å². The van der Waals surface area contributed by atoms with E-state index in [-0.39, 0.29) is 35.9 Å². The van der Waals surface area contributed by atoms with Crippen molar-refractivity contribution in [3.63, 3.8) is 0 Å². The van der Waals surface area contributed by atoms with Crippen molar-refractivity contribution >= 4 is 18.7 Å². The smallest absolute Gasteiger partial charge is 0.261 e. The van der Waals surface area contributed by atoms with Crippen LogP contribution in [0.1, 0.15) is 68.2 Å². The Bertz CT molecular complexity index is 943. The van der Waals surface area contributed by atoms with Crippen molar-refractivity contribution in [1.29, 1.82) is 0 Å². The summed E-state index contributed by atoms with van der Waals surface area (Å²) in [5.74, 6) is -0.301. The molecular weight excluding hydrogens is 548 g/mol. The normalized spacial score (nSPS) is 17.7. The molecule has 0 aliphatic rings. The number of hydrogen-bond acceptors (Lipinski definition) is 7. The fourth-order valence-corrected chi connectivity index (χ4v) is 10.6. The van der Waals surface area contributed by atoms with E-state index in [9.17, 15) is 10.2 Å². The summed E-state index contributed by atoms with van der Waals surface area (Å²) in [7, 11) is -1.13. The van der Waals surface area contributed by atoms with Gasteiger partial charge in [-0.05, 0) is 42.6 Å². The summed E-state index contributed by atoms with van der Waals surface area (Å²) >= 11 is 0. The minimum Gasteiger partial charge on any atom is -0.407 e. The number of aliphatic hydroxyl groups excluding tert-OH is 2. The van der Waals surface area contributed by atoms with Gasteiger partial charge in [0.1, 0.15) is 6.79 Å². The van der Waals surface area contributed by atoms with Gasteiger partial charge < -0.3 is 33.6 Å². The Morgan fingerprint density at radius 2 is 1.36 bits per heavy atom. The van der Waals surface area contributed by atoms with Crippen LogP contribution in [0.3, 0.4) is 0 Å². The van der Waals surface area contributed by atoms with Crippen LogP contribution >= 0.6 is 0 Å². The predicted octanol–water partition coefficient (Wildman–Crippen LogP) is 5.11. The van der Waals surface area contributed by atoms with Gasteiger partial charge in [0.2, 0.25) is 0 Å². The third kappa shape index (κ3) is 10.2.